The van der Waals surface area contributed by atoms with Crippen LogP contribution in [-0.2, 0) is 28.7 Å². The number of hydrogen-bond acceptors (Lipinski definition) is 7. The molecule has 2 aromatic carbocycles. The Labute approximate surface area is 280 Å². The van der Waals surface area contributed by atoms with Crippen molar-refractivity contribution in [3.05, 3.63) is 90.5 Å². The van der Waals surface area contributed by atoms with Crippen molar-refractivity contribution in [2.24, 2.45) is 11.8 Å². The number of esters is 1. The molecule has 0 saturated carbocycles. The zero-order valence-electron chi connectivity index (χ0n) is 26.4. The van der Waals surface area contributed by atoms with Crippen molar-refractivity contribution in [3.8, 4) is 0 Å². The van der Waals surface area contributed by atoms with Crippen LogP contribution in [0.4, 0.5) is 5.69 Å². The Kier molecular flexibility index (Phi) is 11.2. The number of aliphatic hydroxyl groups is 1. The van der Waals surface area contributed by atoms with Crippen LogP contribution in [0.2, 0.25) is 5.02 Å². The number of carbonyl (C=O) groups is 4. The second kappa shape index (κ2) is 15.3. The molecule has 3 aliphatic heterocycles. The first-order chi connectivity index (χ1) is 22.8. The van der Waals surface area contributed by atoms with Crippen molar-refractivity contribution < 1.29 is 33.8 Å². The number of ether oxygens (including phenoxy) is 2. The van der Waals surface area contributed by atoms with Gasteiger partial charge >= 0.3 is 5.97 Å². The molecule has 3 heterocycles. The van der Waals surface area contributed by atoms with E-state index in [-0.39, 0.29) is 44.5 Å². The average Bonchev–Trinajstić information content (AvgIpc) is 3.72. The van der Waals surface area contributed by atoms with E-state index < -0.39 is 47.5 Å². The average molecular weight is 664 g/mol. The van der Waals surface area contributed by atoms with Crippen molar-refractivity contribution in [3.63, 3.8) is 0 Å². The summed E-state index contributed by atoms with van der Waals surface area (Å²) in [6.07, 6.45) is 5.15. The number of fused-ring (bicyclic) bond motifs is 1. The first-order valence-corrected chi connectivity index (χ1v) is 16.5. The lowest BCUT2D eigenvalue weighted by Crippen LogP contribution is -2.56. The number of nitrogens with zero attached hydrogens (tertiary/aromatic N) is 2. The van der Waals surface area contributed by atoms with Crippen molar-refractivity contribution in [1.29, 1.82) is 0 Å². The first kappa shape index (κ1) is 34.3. The maximum absolute atomic E-state index is 14.6. The van der Waals surface area contributed by atoms with Crippen molar-refractivity contribution in [1.82, 2.24) is 10.2 Å². The summed E-state index contributed by atoms with van der Waals surface area (Å²) in [7, 11) is 0. The minimum atomic E-state index is -1.22. The fourth-order valence-corrected chi connectivity index (χ4v) is 7.50. The quantitative estimate of drug-likeness (QED) is 0.155. The van der Waals surface area contributed by atoms with E-state index in [0.717, 1.165) is 5.56 Å². The molecule has 47 heavy (non-hydrogen) atoms. The number of allylic oxidation sites excluding steroid dienone is 1. The molecule has 0 aliphatic carbocycles. The van der Waals surface area contributed by atoms with Crippen LogP contribution in [0.5, 0.6) is 0 Å². The smallest absolute Gasteiger partial charge is 0.306 e. The van der Waals surface area contributed by atoms with Crippen LogP contribution in [0, 0.1) is 11.8 Å². The number of unbranched alkanes of at least 4 members (excludes halogenated alkanes) is 1. The molecular weight excluding hydrogens is 622 g/mol. The molecule has 2 aromatic rings. The fourth-order valence-electron chi connectivity index (χ4n) is 7.26. The molecule has 2 bridgehead atoms. The van der Waals surface area contributed by atoms with Gasteiger partial charge in [-0.1, -0.05) is 66.2 Å². The topological polar surface area (TPSA) is 125 Å². The van der Waals surface area contributed by atoms with E-state index in [2.05, 4.69) is 18.5 Å². The summed E-state index contributed by atoms with van der Waals surface area (Å²) in [5.74, 6) is -3.25. The van der Waals surface area contributed by atoms with E-state index in [1.54, 1.807) is 36.4 Å². The maximum atomic E-state index is 14.6. The molecule has 2 N–H and O–H groups in total. The number of amides is 3. The molecular formula is C36H42ClN3O7. The highest BCUT2D eigenvalue weighted by atomic mass is 35.5. The van der Waals surface area contributed by atoms with Crippen molar-refractivity contribution in [2.75, 3.05) is 31.2 Å². The van der Waals surface area contributed by atoms with Crippen LogP contribution in [0.3, 0.4) is 0 Å². The molecule has 250 valence electrons. The highest BCUT2D eigenvalue weighted by Gasteiger charge is 2.74. The van der Waals surface area contributed by atoms with Gasteiger partial charge in [-0.3, -0.25) is 19.2 Å². The standard InChI is InChI=1S/C36H42ClN3O7/c1-3-5-17-29(42)46-23-26(24-13-7-6-8-14-24)38-33(43)30-28-18-19-36(47-28)31(30)34(44)40(21-11-12-22-41)32(36)35(45)39(20-4-2)27-16-10-9-15-25(27)37/h3-4,6-10,13-16,26,28,30-32,41H,1-2,5,11-12,17-23H2,(H,38,43)/t26-,28-,30+,31+,32-,36+/m1/s1. The second-order valence-electron chi connectivity index (χ2n) is 12.2. The molecule has 11 heteroatoms. The second-order valence-corrected chi connectivity index (χ2v) is 12.6. The number of anilines is 1. The molecule has 0 radical (unpaired) electrons. The van der Waals surface area contributed by atoms with Crippen LogP contribution in [0.1, 0.15) is 50.1 Å². The van der Waals surface area contributed by atoms with E-state index in [0.29, 0.717) is 42.8 Å². The minimum Gasteiger partial charge on any atom is -0.463 e. The molecule has 3 aliphatic rings. The van der Waals surface area contributed by atoms with Gasteiger partial charge in [0, 0.05) is 26.1 Å². The minimum absolute atomic E-state index is 0.0555. The van der Waals surface area contributed by atoms with Crippen LogP contribution >= 0.6 is 11.6 Å². The van der Waals surface area contributed by atoms with E-state index in [1.807, 2.05) is 30.3 Å². The Morgan fingerprint density at radius 1 is 1.13 bits per heavy atom. The summed E-state index contributed by atoms with van der Waals surface area (Å²) in [4.78, 5) is 58.5. The monoisotopic (exact) mass is 663 g/mol. The molecule has 3 fully saturated rings. The zero-order chi connectivity index (χ0) is 33.6. The summed E-state index contributed by atoms with van der Waals surface area (Å²) < 4.78 is 12.1. The molecule has 1 spiro atoms. The Hall–Kier alpha value is -3.99. The maximum Gasteiger partial charge on any atom is 0.306 e. The van der Waals surface area contributed by atoms with Gasteiger partial charge in [0.15, 0.2) is 0 Å². The molecule has 0 aromatic heterocycles. The summed E-state index contributed by atoms with van der Waals surface area (Å²) in [5.41, 5.74) is 0.00406. The van der Waals surface area contributed by atoms with Gasteiger partial charge in [0.2, 0.25) is 11.8 Å². The number of nitrogens with one attached hydrogen (secondary N) is 1. The first-order valence-electron chi connectivity index (χ1n) is 16.1. The van der Waals surface area contributed by atoms with Crippen molar-refractivity contribution >= 4 is 41.0 Å². The van der Waals surface area contributed by atoms with E-state index in [9.17, 15) is 24.3 Å². The summed E-state index contributed by atoms with van der Waals surface area (Å²) in [5, 5.41) is 12.9. The summed E-state index contributed by atoms with van der Waals surface area (Å²) in [6, 6.07) is 14.5. The number of carbonyl (C=O) groups excluding carboxylic acids is 4. The van der Waals surface area contributed by atoms with Gasteiger partial charge in [0.1, 0.15) is 18.2 Å². The van der Waals surface area contributed by atoms with Gasteiger partial charge in [0.25, 0.3) is 5.91 Å². The van der Waals surface area contributed by atoms with Crippen LogP contribution in [0.15, 0.2) is 79.9 Å². The number of hydrogen-bond donors (Lipinski definition) is 2. The number of halogens is 1. The predicted octanol–water partition coefficient (Wildman–Crippen LogP) is 4.37. The normalized spacial score (nSPS) is 24.8. The lowest BCUT2D eigenvalue weighted by molar-refractivity contribution is -0.146. The number of likely N-dealkylation sites (tertiary alicyclic amines) is 1. The summed E-state index contributed by atoms with van der Waals surface area (Å²) >= 11 is 6.54. The Morgan fingerprint density at radius 2 is 1.87 bits per heavy atom. The highest BCUT2D eigenvalue weighted by molar-refractivity contribution is 6.34. The van der Waals surface area contributed by atoms with Crippen LogP contribution in [0.25, 0.3) is 0 Å². The SMILES string of the molecule is C=CCCC(=O)OC[C@@H](NC(=O)[C@@H]1[C@H]2C(=O)N(CCCCO)[C@H](C(=O)N(CC=C)c3ccccc3Cl)[C@]23CC[C@H]1O3)c1ccccc1. The Bertz CT molecular complexity index is 1490. The molecule has 3 amide bonds. The number of benzene rings is 2. The lowest BCUT2D eigenvalue weighted by Gasteiger charge is -2.37. The van der Waals surface area contributed by atoms with Gasteiger partial charge in [-0.25, -0.2) is 0 Å². The fraction of sp³-hybridized carbons (Fsp3) is 0.444. The third kappa shape index (κ3) is 6.86. The lowest BCUT2D eigenvalue weighted by atomic mass is 9.70. The number of aliphatic hydroxyl groups excluding tert-OH is 1. The van der Waals surface area contributed by atoms with E-state index in [4.69, 9.17) is 21.1 Å². The van der Waals surface area contributed by atoms with Gasteiger partial charge in [0.05, 0.1) is 34.7 Å². The van der Waals surface area contributed by atoms with Gasteiger partial charge < -0.3 is 29.7 Å². The largest absolute Gasteiger partial charge is 0.463 e. The zero-order valence-corrected chi connectivity index (χ0v) is 27.1. The van der Waals surface area contributed by atoms with Crippen LogP contribution < -0.4 is 10.2 Å². The Morgan fingerprint density at radius 3 is 2.57 bits per heavy atom. The molecule has 0 unspecified atom stereocenters. The van der Waals surface area contributed by atoms with Gasteiger partial charge in [-0.15, -0.1) is 13.2 Å². The van der Waals surface area contributed by atoms with E-state index >= 15 is 0 Å². The number of para-hydroxylation sites is 1. The van der Waals surface area contributed by atoms with Gasteiger partial charge in [-0.2, -0.15) is 0 Å². The van der Waals surface area contributed by atoms with Gasteiger partial charge in [-0.05, 0) is 49.8 Å². The highest BCUT2D eigenvalue weighted by Crippen LogP contribution is 2.59. The predicted molar refractivity (Wildman–Crippen MR) is 177 cm³/mol. The third-order valence-corrected chi connectivity index (χ3v) is 9.67. The molecule has 3 saturated heterocycles. The van der Waals surface area contributed by atoms with Crippen molar-refractivity contribution in [2.45, 2.75) is 62.3 Å². The molecule has 5 rings (SSSR count). The van der Waals surface area contributed by atoms with E-state index in [1.165, 1.54) is 9.80 Å². The molecule has 6 atom stereocenters. The molecule has 10 nitrogen and oxygen atoms in total. The third-order valence-electron chi connectivity index (χ3n) is 9.35. The van der Waals surface area contributed by atoms with Crippen LogP contribution in [-0.4, -0.2) is 77.7 Å². The Balaban J connectivity index is 1.45. The summed E-state index contributed by atoms with van der Waals surface area (Å²) in [6.45, 7) is 7.69. The number of rotatable bonds is 16.